The van der Waals surface area contributed by atoms with Crippen molar-refractivity contribution in [1.82, 2.24) is 14.7 Å². The molecule has 7 nitrogen and oxygen atoms in total. The number of alkyl carbamates (subject to hydrolysis) is 1. The number of aromatic carboxylic acids is 1. The van der Waals surface area contributed by atoms with Gasteiger partial charge in [-0.15, -0.1) is 0 Å². The second-order valence-electron chi connectivity index (χ2n) is 5.53. The van der Waals surface area contributed by atoms with Gasteiger partial charge in [-0.3, -0.25) is 0 Å². The molecule has 2 N–H and O–H groups in total. The Morgan fingerprint density at radius 2 is 2.10 bits per heavy atom. The van der Waals surface area contributed by atoms with E-state index in [4.69, 9.17) is 9.84 Å². The minimum absolute atomic E-state index is 0.0193. The van der Waals surface area contributed by atoms with Gasteiger partial charge in [0.2, 0.25) is 0 Å². The third kappa shape index (κ3) is 3.50. The molecule has 0 unspecified atom stereocenters. The van der Waals surface area contributed by atoms with E-state index < -0.39 is 17.7 Å². The number of carbonyl (C=O) groups is 2. The number of nitrogens with one attached hydrogen (secondary N) is 1. The fourth-order valence-electron chi connectivity index (χ4n) is 1.86. The summed E-state index contributed by atoms with van der Waals surface area (Å²) in [6.07, 6.45) is 0.892. The van der Waals surface area contributed by atoms with Crippen LogP contribution in [0.4, 0.5) is 4.79 Å². The lowest BCUT2D eigenvalue weighted by Crippen LogP contribution is -2.32. The molecule has 0 atom stereocenters. The van der Waals surface area contributed by atoms with Gasteiger partial charge in [-0.1, -0.05) is 6.07 Å². The number of rotatable bonds is 3. The molecular formula is C14H17N3O4. The molecule has 0 fully saturated rings. The van der Waals surface area contributed by atoms with Crippen molar-refractivity contribution in [3.8, 4) is 0 Å². The van der Waals surface area contributed by atoms with Gasteiger partial charge in [-0.05, 0) is 32.9 Å². The fraction of sp³-hybridized carbons (Fsp3) is 0.357. The molecule has 0 aliphatic rings. The van der Waals surface area contributed by atoms with Gasteiger partial charge in [-0.2, -0.15) is 0 Å². The van der Waals surface area contributed by atoms with Crippen molar-refractivity contribution in [2.45, 2.75) is 32.9 Å². The number of hydrogen-bond acceptors (Lipinski definition) is 4. The molecule has 0 aliphatic carbocycles. The van der Waals surface area contributed by atoms with Gasteiger partial charge in [0.15, 0.2) is 5.69 Å². The zero-order valence-corrected chi connectivity index (χ0v) is 12.1. The normalized spacial score (nSPS) is 11.4. The summed E-state index contributed by atoms with van der Waals surface area (Å²) >= 11 is 0. The lowest BCUT2D eigenvalue weighted by Gasteiger charge is -2.19. The van der Waals surface area contributed by atoms with Crippen LogP contribution in [0, 0.1) is 0 Å². The lowest BCUT2D eigenvalue weighted by atomic mass is 10.2. The van der Waals surface area contributed by atoms with Crippen molar-refractivity contribution >= 4 is 17.6 Å². The first-order valence-electron chi connectivity index (χ1n) is 6.43. The van der Waals surface area contributed by atoms with E-state index >= 15 is 0 Å². The van der Waals surface area contributed by atoms with Crippen molar-refractivity contribution in [3.05, 3.63) is 35.9 Å². The largest absolute Gasteiger partial charge is 0.476 e. The SMILES string of the molecule is CC(C)(C)OC(=O)NCc1cccc2c(C(=O)O)ncn12. The number of carbonyl (C=O) groups excluding carboxylic acids is 1. The minimum Gasteiger partial charge on any atom is -0.476 e. The third-order valence-corrected chi connectivity index (χ3v) is 2.67. The Morgan fingerprint density at radius 3 is 2.71 bits per heavy atom. The summed E-state index contributed by atoms with van der Waals surface area (Å²) in [6, 6.07) is 5.15. The summed E-state index contributed by atoms with van der Waals surface area (Å²) in [5, 5.41) is 11.7. The van der Waals surface area contributed by atoms with E-state index in [9.17, 15) is 9.59 Å². The second-order valence-corrected chi connectivity index (χ2v) is 5.53. The molecule has 112 valence electrons. The van der Waals surface area contributed by atoms with Crippen LogP contribution < -0.4 is 5.32 Å². The highest BCUT2D eigenvalue weighted by Crippen LogP contribution is 2.13. The zero-order chi connectivity index (χ0) is 15.6. The number of carboxylic acids is 1. The number of amides is 1. The number of ether oxygens (including phenoxy) is 1. The van der Waals surface area contributed by atoms with E-state index in [1.54, 1.807) is 43.4 Å². The standard InChI is InChI=1S/C14H17N3O4/c1-14(2,3)21-13(20)15-7-9-5-4-6-10-11(12(18)19)16-8-17(9)10/h4-6,8H,7H2,1-3H3,(H,15,20)(H,18,19). The van der Waals surface area contributed by atoms with Crippen LogP contribution in [0.1, 0.15) is 37.0 Å². The Morgan fingerprint density at radius 1 is 1.38 bits per heavy atom. The number of imidazole rings is 1. The van der Waals surface area contributed by atoms with Gasteiger partial charge in [0.1, 0.15) is 11.9 Å². The second kappa shape index (κ2) is 5.43. The van der Waals surface area contributed by atoms with Gasteiger partial charge < -0.3 is 19.6 Å². The third-order valence-electron chi connectivity index (χ3n) is 2.67. The van der Waals surface area contributed by atoms with Crippen molar-refractivity contribution in [1.29, 1.82) is 0 Å². The predicted molar refractivity (Wildman–Crippen MR) is 75.2 cm³/mol. The highest BCUT2D eigenvalue weighted by atomic mass is 16.6. The quantitative estimate of drug-likeness (QED) is 0.902. The highest BCUT2D eigenvalue weighted by molar-refractivity contribution is 5.93. The van der Waals surface area contributed by atoms with Crippen LogP contribution in [0.15, 0.2) is 24.5 Å². The summed E-state index contributed by atoms with van der Waals surface area (Å²) in [5.74, 6) is -1.09. The maximum atomic E-state index is 11.6. The smallest absolute Gasteiger partial charge is 0.407 e. The minimum atomic E-state index is -1.09. The molecule has 21 heavy (non-hydrogen) atoms. The molecule has 7 heteroatoms. The molecule has 2 aromatic rings. The van der Waals surface area contributed by atoms with Crippen molar-refractivity contribution in [2.24, 2.45) is 0 Å². The van der Waals surface area contributed by atoms with Crippen LogP contribution >= 0.6 is 0 Å². The van der Waals surface area contributed by atoms with Gasteiger partial charge in [-0.25, -0.2) is 14.6 Å². The molecule has 1 amide bonds. The molecule has 2 rings (SSSR count). The number of pyridine rings is 1. The average Bonchev–Trinajstić information content (AvgIpc) is 2.78. The van der Waals surface area contributed by atoms with Crippen LogP contribution in [0.2, 0.25) is 0 Å². The zero-order valence-electron chi connectivity index (χ0n) is 12.1. The number of hydrogen-bond donors (Lipinski definition) is 2. The first kappa shape index (κ1) is 14.8. The average molecular weight is 291 g/mol. The number of carboxylic acid groups (broad SMARTS) is 1. The summed E-state index contributed by atoms with van der Waals surface area (Å²) in [4.78, 5) is 26.5. The maximum absolute atomic E-state index is 11.6. The van der Waals surface area contributed by atoms with E-state index in [2.05, 4.69) is 10.3 Å². The molecule has 2 heterocycles. The molecule has 0 saturated heterocycles. The van der Waals surface area contributed by atoms with E-state index in [-0.39, 0.29) is 12.2 Å². The van der Waals surface area contributed by atoms with Crippen molar-refractivity contribution < 1.29 is 19.4 Å². The molecule has 0 radical (unpaired) electrons. The number of aromatic nitrogens is 2. The fourth-order valence-corrected chi connectivity index (χ4v) is 1.86. The summed E-state index contributed by atoms with van der Waals surface area (Å²) < 4.78 is 6.77. The van der Waals surface area contributed by atoms with E-state index in [0.717, 1.165) is 0 Å². The van der Waals surface area contributed by atoms with E-state index in [0.29, 0.717) is 11.2 Å². The predicted octanol–water partition coefficient (Wildman–Crippen LogP) is 2.06. The first-order chi connectivity index (χ1) is 9.78. The van der Waals surface area contributed by atoms with Gasteiger partial charge >= 0.3 is 12.1 Å². The molecule has 0 bridgehead atoms. The van der Waals surface area contributed by atoms with E-state index in [1.165, 1.54) is 6.33 Å². The summed E-state index contributed by atoms with van der Waals surface area (Å²) in [7, 11) is 0. The van der Waals surface area contributed by atoms with Crippen molar-refractivity contribution in [2.75, 3.05) is 0 Å². The van der Waals surface area contributed by atoms with Crippen molar-refractivity contribution in [3.63, 3.8) is 0 Å². The molecule has 2 aromatic heterocycles. The maximum Gasteiger partial charge on any atom is 0.407 e. The Bertz CT molecular complexity index is 685. The van der Waals surface area contributed by atoms with Crippen LogP contribution in [-0.4, -0.2) is 32.2 Å². The molecular weight excluding hydrogens is 274 g/mol. The molecule has 0 aromatic carbocycles. The Kier molecular flexibility index (Phi) is 3.84. The van der Waals surface area contributed by atoms with Crippen LogP contribution in [-0.2, 0) is 11.3 Å². The lowest BCUT2D eigenvalue weighted by molar-refractivity contribution is 0.0522. The molecule has 0 aliphatic heterocycles. The van der Waals surface area contributed by atoms with Gasteiger partial charge in [0.05, 0.1) is 12.1 Å². The topological polar surface area (TPSA) is 92.9 Å². The molecule has 0 saturated carbocycles. The Balaban J connectivity index is 2.16. The van der Waals surface area contributed by atoms with Gasteiger partial charge in [0.25, 0.3) is 0 Å². The molecule has 0 spiro atoms. The monoisotopic (exact) mass is 291 g/mol. The van der Waals surface area contributed by atoms with Crippen LogP contribution in [0.5, 0.6) is 0 Å². The van der Waals surface area contributed by atoms with Crippen LogP contribution in [0.3, 0.4) is 0 Å². The van der Waals surface area contributed by atoms with Gasteiger partial charge in [0, 0.05) is 5.69 Å². The Labute approximate surface area is 121 Å². The Hall–Kier alpha value is -2.57. The number of fused-ring (bicyclic) bond motifs is 1. The van der Waals surface area contributed by atoms with E-state index in [1.807, 2.05) is 0 Å². The number of nitrogens with zero attached hydrogens (tertiary/aromatic N) is 2. The van der Waals surface area contributed by atoms with Crippen LogP contribution in [0.25, 0.3) is 5.52 Å². The summed E-state index contributed by atoms with van der Waals surface area (Å²) in [5.41, 5.74) is 0.597. The highest BCUT2D eigenvalue weighted by Gasteiger charge is 2.17. The summed E-state index contributed by atoms with van der Waals surface area (Å²) in [6.45, 7) is 5.55. The first-order valence-corrected chi connectivity index (χ1v) is 6.43.